The van der Waals surface area contributed by atoms with Crippen molar-refractivity contribution in [3.8, 4) is 5.75 Å². The number of pyridine rings is 1. The first-order valence-corrected chi connectivity index (χ1v) is 12.3. The second-order valence-corrected chi connectivity index (χ2v) is 9.56. The lowest BCUT2D eigenvalue weighted by molar-refractivity contribution is -0.140. The Morgan fingerprint density at radius 1 is 1.08 bits per heavy atom. The molecule has 1 saturated heterocycles. The van der Waals surface area contributed by atoms with E-state index in [1.807, 2.05) is 43.3 Å². The molecular weight excluding hydrogens is 452 g/mol. The maximum atomic E-state index is 13.3. The van der Waals surface area contributed by atoms with Gasteiger partial charge in [0.1, 0.15) is 11.5 Å². The Balaban J connectivity index is 1.79. The van der Waals surface area contributed by atoms with Gasteiger partial charge in [-0.3, -0.25) is 14.6 Å². The van der Waals surface area contributed by atoms with E-state index >= 15 is 0 Å². The molecule has 2 aromatic carbocycles. The number of ether oxygens (including phenoxy) is 1. The van der Waals surface area contributed by atoms with Gasteiger partial charge in [0.15, 0.2) is 0 Å². The number of Topliss-reactive ketones (excluding diaryl/α,β-unsaturated/α-hetero) is 1. The molecule has 1 amide bonds. The molecule has 1 N–H and O–H groups in total. The lowest BCUT2D eigenvalue weighted by atomic mass is 9.93. The molecule has 0 unspecified atom stereocenters. The molecule has 36 heavy (non-hydrogen) atoms. The third kappa shape index (κ3) is 5.18. The van der Waals surface area contributed by atoms with Gasteiger partial charge in [0.2, 0.25) is 0 Å². The second kappa shape index (κ2) is 10.8. The average Bonchev–Trinajstić information content (AvgIpc) is 3.12. The van der Waals surface area contributed by atoms with E-state index in [0.29, 0.717) is 23.8 Å². The Labute approximate surface area is 212 Å². The molecule has 2 heterocycles. The highest BCUT2D eigenvalue weighted by Gasteiger charge is 2.46. The predicted octanol–water partition coefficient (Wildman–Crippen LogP) is 5.61. The van der Waals surface area contributed by atoms with Crippen molar-refractivity contribution in [3.63, 3.8) is 0 Å². The Bertz CT molecular complexity index is 1280. The minimum Gasteiger partial charge on any atom is -0.507 e. The van der Waals surface area contributed by atoms with Crippen LogP contribution in [-0.2, 0) is 22.6 Å². The van der Waals surface area contributed by atoms with Crippen molar-refractivity contribution in [3.05, 3.63) is 100 Å². The number of aromatic nitrogens is 1. The molecule has 6 nitrogen and oxygen atoms in total. The van der Waals surface area contributed by atoms with Gasteiger partial charge in [-0.05, 0) is 65.8 Å². The van der Waals surface area contributed by atoms with Crippen LogP contribution in [0.15, 0.2) is 72.6 Å². The van der Waals surface area contributed by atoms with Gasteiger partial charge in [0, 0.05) is 24.5 Å². The van der Waals surface area contributed by atoms with E-state index in [0.717, 1.165) is 28.7 Å². The van der Waals surface area contributed by atoms with Gasteiger partial charge < -0.3 is 14.7 Å². The van der Waals surface area contributed by atoms with Crippen molar-refractivity contribution in [1.29, 1.82) is 0 Å². The van der Waals surface area contributed by atoms with E-state index in [-0.39, 0.29) is 17.9 Å². The average molecular weight is 485 g/mol. The fourth-order valence-corrected chi connectivity index (χ4v) is 4.41. The third-order valence-corrected chi connectivity index (χ3v) is 6.36. The zero-order valence-corrected chi connectivity index (χ0v) is 21.2. The Kier molecular flexibility index (Phi) is 7.53. The van der Waals surface area contributed by atoms with Gasteiger partial charge in [0.25, 0.3) is 11.7 Å². The first-order valence-electron chi connectivity index (χ1n) is 12.3. The highest BCUT2D eigenvalue weighted by atomic mass is 16.5. The largest absolute Gasteiger partial charge is 0.507 e. The van der Waals surface area contributed by atoms with E-state index in [4.69, 9.17) is 4.74 Å². The normalized spacial score (nSPS) is 17.1. The fourth-order valence-electron chi connectivity index (χ4n) is 4.41. The van der Waals surface area contributed by atoms with E-state index < -0.39 is 17.7 Å². The molecule has 1 aliphatic rings. The number of nitrogens with zero attached hydrogens (tertiary/aromatic N) is 2. The molecule has 0 aliphatic carbocycles. The molecule has 0 spiro atoms. The highest BCUT2D eigenvalue weighted by Crippen LogP contribution is 2.41. The summed E-state index contributed by atoms with van der Waals surface area (Å²) in [7, 11) is 0. The summed E-state index contributed by atoms with van der Waals surface area (Å²) in [5.41, 5.74) is 4.07. The summed E-state index contributed by atoms with van der Waals surface area (Å²) in [5, 5.41) is 11.4. The molecule has 1 fully saturated rings. The van der Waals surface area contributed by atoms with Crippen LogP contribution in [0.3, 0.4) is 0 Å². The first-order chi connectivity index (χ1) is 17.3. The maximum Gasteiger partial charge on any atom is 0.295 e. The monoisotopic (exact) mass is 484 g/mol. The number of rotatable bonds is 8. The number of aliphatic hydroxyl groups excluding tert-OH is 1. The minimum absolute atomic E-state index is 0.0899. The first kappa shape index (κ1) is 25.2. The number of likely N-dealkylation sites (tertiary alicyclic amines) is 1. The zero-order valence-electron chi connectivity index (χ0n) is 21.2. The van der Waals surface area contributed by atoms with E-state index in [1.54, 1.807) is 30.6 Å². The molecule has 1 aliphatic heterocycles. The highest BCUT2D eigenvalue weighted by molar-refractivity contribution is 6.46. The van der Waals surface area contributed by atoms with Crippen LogP contribution in [-0.4, -0.2) is 33.3 Å². The standard InChI is InChI=1S/C30H32N2O4/c1-5-21-8-10-23(11-9-21)27-26(29(34)30(35)32(27)17-22-7-6-14-31-16-22)28(33)25-13-12-24(15-20(25)4)36-18-19(2)3/h6-16,19,27,33H,5,17-18H2,1-4H3/b28-26+/t27-/m0/s1. The summed E-state index contributed by atoms with van der Waals surface area (Å²) in [6.45, 7) is 8.86. The Morgan fingerprint density at radius 3 is 2.44 bits per heavy atom. The van der Waals surface area contributed by atoms with Crippen molar-refractivity contribution in [2.45, 2.75) is 46.7 Å². The van der Waals surface area contributed by atoms with Gasteiger partial charge in [-0.2, -0.15) is 0 Å². The van der Waals surface area contributed by atoms with Crippen LogP contribution in [0.5, 0.6) is 5.75 Å². The van der Waals surface area contributed by atoms with Crippen molar-refractivity contribution < 1.29 is 19.4 Å². The molecular formula is C30H32N2O4. The molecule has 1 aromatic heterocycles. The quantitative estimate of drug-likeness (QED) is 0.255. The number of ketones is 1. The summed E-state index contributed by atoms with van der Waals surface area (Å²) in [6.07, 6.45) is 4.22. The van der Waals surface area contributed by atoms with Crippen molar-refractivity contribution >= 4 is 17.4 Å². The number of aryl methyl sites for hydroxylation is 2. The van der Waals surface area contributed by atoms with Crippen molar-refractivity contribution in [1.82, 2.24) is 9.88 Å². The topological polar surface area (TPSA) is 79.7 Å². The number of carbonyl (C=O) groups excluding carboxylic acids is 2. The molecule has 6 heteroatoms. The lowest BCUT2D eigenvalue weighted by Gasteiger charge is -2.25. The predicted molar refractivity (Wildman–Crippen MR) is 139 cm³/mol. The molecule has 3 aromatic rings. The number of hydrogen-bond donors (Lipinski definition) is 1. The number of hydrogen-bond acceptors (Lipinski definition) is 5. The van der Waals surface area contributed by atoms with E-state index in [2.05, 4.69) is 25.8 Å². The van der Waals surface area contributed by atoms with Crippen molar-refractivity contribution in [2.24, 2.45) is 5.92 Å². The summed E-state index contributed by atoms with van der Waals surface area (Å²) < 4.78 is 5.81. The van der Waals surface area contributed by atoms with Crippen LogP contribution in [0, 0.1) is 12.8 Å². The fraction of sp³-hybridized carbons (Fsp3) is 0.300. The van der Waals surface area contributed by atoms with Crippen molar-refractivity contribution in [2.75, 3.05) is 6.61 Å². The number of amides is 1. The van der Waals surface area contributed by atoms with Crippen LogP contribution in [0.4, 0.5) is 0 Å². The minimum atomic E-state index is -0.715. The van der Waals surface area contributed by atoms with Crippen LogP contribution in [0.2, 0.25) is 0 Å². The second-order valence-electron chi connectivity index (χ2n) is 9.56. The summed E-state index contributed by atoms with van der Waals surface area (Å²) in [6, 6.07) is 16.1. The van der Waals surface area contributed by atoms with Crippen LogP contribution >= 0.6 is 0 Å². The molecule has 0 radical (unpaired) electrons. The van der Waals surface area contributed by atoms with Gasteiger partial charge >= 0.3 is 0 Å². The Morgan fingerprint density at radius 2 is 1.83 bits per heavy atom. The van der Waals surface area contributed by atoms with Gasteiger partial charge in [-0.15, -0.1) is 0 Å². The third-order valence-electron chi connectivity index (χ3n) is 6.36. The smallest absolute Gasteiger partial charge is 0.295 e. The Hall–Kier alpha value is -3.93. The number of aliphatic hydroxyl groups is 1. The molecule has 0 bridgehead atoms. The van der Waals surface area contributed by atoms with Gasteiger partial charge in [-0.1, -0.05) is 51.1 Å². The number of benzene rings is 2. The lowest BCUT2D eigenvalue weighted by Crippen LogP contribution is -2.29. The van der Waals surface area contributed by atoms with E-state index in [1.165, 1.54) is 4.90 Å². The van der Waals surface area contributed by atoms with Gasteiger partial charge in [-0.25, -0.2) is 0 Å². The summed E-state index contributed by atoms with van der Waals surface area (Å²) in [5.74, 6) is -0.436. The van der Waals surface area contributed by atoms with Crippen LogP contribution < -0.4 is 4.74 Å². The van der Waals surface area contributed by atoms with E-state index in [9.17, 15) is 14.7 Å². The van der Waals surface area contributed by atoms with Gasteiger partial charge in [0.05, 0.1) is 18.2 Å². The zero-order chi connectivity index (χ0) is 25.8. The molecule has 186 valence electrons. The number of carbonyl (C=O) groups is 2. The summed E-state index contributed by atoms with van der Waals surface area (Å²) in [4.78, 5) is 32.2. The SMILES string of the molecule is CCc1ccc([C@H]2/C(=C(\O)c3ccc(OCC(C)C)cc3C)C(=O)C(=O)N2Cc2cccnc2)cc1. The molecule has 0 saturated carbocycles. The van der Waals surface area contributed by atoms with Crippen LogP contribution in [0.25, 0.3) is 5.76 Å². The molecule has 4 rings (SSSR count). The maximum absolute atomic E-state index is 13.3. The summed E-state index contributed by atoms with van der Waals surface area (Å²) >= 11 is 0. The van der Waals surface area contributed by atoms with Crippen LogP contribution in [0.1, 0.15) is 54.6 Å². The molecule has 1 atom stereocenters.